The van der Waals surface area contributed by atoms with Crippen LogP contribution in [-0.2, 0) is 28.6 Å². The minimum atomic E-state index is -0.780. The molecule has 0 heterocycles. The van der Waals surface area contributed by atoms with Gasteiger partial charge in [0.2, 0.25) is 0 Å². The van der Waals surface area contributed by atoms with E-state index in [1.54, 1.807) is 0 Å². The second kappa shape index (κ2) is 65.9. The quantitative estimate of drug-likeness (QED) is 0.0261. The largest absolute Gasteiger partial charge is 0.462 e. The summed E-state index contributed by atoms with van der Waals surface area (Å²) in [5.41, 5.74) is 0. The standard InChI is InChI=1S/C71H130O6/c1-4-7-10-13-16-19-22-25-28-30-32-34-35-37-38-40-43-46-49-52-55-58-61-64-70(73)76-67-68(66-75-69(72)63-60-57-54-51-48-45-42-27-24-21-18-15-12-9-6-3)77-71(74)65-62-59-56-53-50-47-44-41-39-36-33-31-29-26-23-20-17-14-11-8-5-2/h23,26-27,30-33,42,68H,4-22,24-25,28-29,34-41,43-67H2,1-3H3/b26-23-,32-30-,33-31-,42-27-. The smallest absolute Gasteiger partial charge is 0.306 e. The first kappa shape index (κ1) is 74.4. The van der Waals surface area contributed by atoms with E-state index in [1.165, 1.54) is 257 Å². The van der Waals surface area contributed by atoms with Gasteiger partial charge in [-0.25, -0.2) is 0 Å². The number of allylic oxidation sites excluding steroid dienone is 8. The minimum absolute atomic E-state index is 0.0751. The van der Waals surface area contributed by atoms with Crippen LogP contribution >= 0.6 is 0 Å². The SMILES string of the molecule is CCCCCCC/C=C\C/C=C\CCCCCCCCCCCC(=O)OC(COC(=O)CCCCCCC/C=C\CCCCCCCC)COC(=O)CCCCCCCCCCCCC/C=C\CCCCCCCCCC. The molecule has 1 atom stereocenters. The Bertz CT molecular complexity index is 1330. The summed E-state index contributed by atoms with van der Waals surface area (Å²) in [7, 11) is 0. The summed E-state index contributed by atoms with van der Waals surface area (Å²) >= 11 is 0. The number of rotatable bonds is 63. The Labute approximate surface area is 479 Å². The van der Waals surface area contributed by atoms with Crippen molar-refractivity contribution in [2.24, 2.45) is 0 Å². The molecule has 450 valence electrons. The molecule has 0 radical (unpaired) electrons. The molecule has 0 amide bonds. The van der Waals surface area contributed by atoms with Crippen LogP contribution in [0.2, 0.25) is 0 Å². The van der Waals surface area contributed by atoms with E-state index >= 15 is 0 Å². The number of hydrogen-bond donors (Lipinski definition) is 0. The lowest BCUT2D eigenvalue weighted by molar-refractivity contribution is -0.167. The lowest BCUT2D eigenvalue weighted by Gasteiger charge is -2.18. The Kier molecular flexibility index (Phi) is 63.6. The van der Waals surface area contributed by atoms with Crippen molar-refractivity contribution in [1.29, 1.82) is 0 Å². The van der Waals surface area contributed by atoms with E-state index in [-0.39, 0.29) is 31.1 Å². The van der Waals surface area contributed by atoms with Crippen molar-refractivity contribution < 1.29 is 28.6 Å². The Morgan fingerprint density at radius 2 is 0.468 bits per heavy atom. The van der Waals surface area contributed by atoms with Crippen molar-refractivity contribution >= 4 is 17.9 Å². The number of unbranched alkanes of at least 4 members (excludes halogenated alkanes) is 44. The maximum absolute atomic E-state index is 12.9. The zero-order chi connectivity index (χ0) is 55.7. The molecule has 0 spiro atoms. The monoisotopic (exact) mass is 1080 g/mol. The van der Waals surface area contributed by atoms with Crippen LogP contribution in [0.4, 0.5) is 0 Å². The number of carbonyl (C=O) groups is 3. The van der Waals surface area contributed by atoms with E-state index in [9.17, 15) is 14.4 Å². The third-order valence-corrected chi connectivity index (χ3v) is 15.3. The van der Waals surface area contributed by atoms with E-state index in [2.05, 4.69) is 69.4 Å². The lowest BCUT2D eigenvalue weighted by atomic mass is 10.0. The molecular formula is C71H130O6. The Balaban J connectivity index is 4.32. The van der Waals surface area contributed by atoms with Crippen molar-refractivity contribution in [1.82, 2.24) is 0 Å². The first-order valence-corrected chi connectivity index (χ1v) is 34.1. The molecule has 0 aromatic carbocycles. The van der Waals surface area contributed by atoms with Crippen molar-refractivity contribution in [3.63, 3.8) is 0 Å². The molecule has 0 aromatic rings. The summed E-state index contributed by atoms with van der Waals surface area (Å²) < 4.78 is 17.0. The molecule has 0 saturated carbocycles. The van der Waals surface area contributed by atoms with Crippen LogP contribution in [0.25, 0.3) is 0 Å². The molecular weight excluding hydrogens is 949 g/mol. The molecule has 1 unspecified atom stereocenters. The number of ether oxygens (including phenoxy) is 3. The molecule has 0 aliphatic heterocycles. The zero-order valence-electron chi connectivity index (χ0n) is 51.7. The van der Waals surface area contributed by atoms with Crippen LogP contribution in [0, 0.1) is 0 Å². The zero-order valence-corrected chi connectivity index (χ0v) is 51.7. The van der Waals surface area contributed by atoms with Crippen LogP contribution in [0.15, 0.2) is 48.6 Å². The topological polar surface area (TPSA) is 78.9 Å². The van der Waals surface area contributed by atoms with Crippen molar-refractivity contribution in [2.75, 3.05) is 13.2 Å². The van der Waals surface area contributed by atoms with Crippen LogP contribution in [-0.4, -0.2) is 37.2 Å². The lowest BCUT2D eigenvalue weighted by Crippen LogP contribution is -2.30. The van der Waals surface area contributed by atoms with Gasteiger partial charge in [-0.15, -0.1) is 0 Å². The molecule has 0 saturated heterocycles. The third-order valence-electron chi connectivity index (χ3n) is 15.3. The van der Waals surface area contributed by atoms with Gasteiger partial charge < -0.3 is 14.2 Å². The first-order chi connectivity index (χ1) is 38.0. The van der Waals surface area contributed by atoms with Gasteiger partial charge in [-0.1, -0.05) is 294 Å². The second-order valence-corrected chi connectivity index (χ2v) is 23.1. The third kappa shape index (κ3) is 64.1. The Morgan fingerprint density at radius 3 is 0.727 bits per heavy atom. The van der Waals surface area contributed by atoms with Gasteiger partial charge in [0.15, 0.2) is 6.10 Å². The van der Waals surface area contributed by atoms with Gasteiger partial charge in [0.25, 0.3) is 0 Å². The highest BCUT2D eigenvalue weighted by molar-refractivity contribution is 5.71. The number of carbonyl (C=O) groups excluding carboxylic acids is 3. The molecule has 6 heteroatoms. The molecule has 0 fully saturated rings. The summed E-state index contributed by atoms with van der Waals surface area (Å²) in [6, 6.07) is 0. The van der Waals surface area contributed by atoms with Gasteiger partial charge in [-0.3, -0.25) is 14.4 Å². The second-order valence-electron chi connectivity index (χ2n) is 23.1. The van der Waals surface area contributed by atoms with Gasteiger partial charge in [-0.05, 0) is 103 Å². The van der Waals surface area contributed by atoms with Gasteiger partial charge in [-0.2, -0.15) is 0 Å². The summed E-state index contributed by atoms with van der Waals surface area (Å²) in [6.07, 6.45) is 82.7. The van der Waals surface area contributed by atoms with E-state index in [4.69, 9.17) is 14.2 Å². The van der Waals surface area contributed by atoms with Gasteiger partial charge >= 0.3 is 17.9 Å². The van der Waals surface area contributed by atoms with E-state index in [0.717, 1.165) is 70.6 Å². The van der Waals surface area contributed by atoms with Crippen LogP contribution < -0.4 is 0 Å². The summed E-state index contributed by atoms with van der Waals surface area (Å²) in [5, 5.41) is 0. The normalized spacial score (nSPS) is 12.3. The van der Waals surface area contributed by atoms with E-state index in [0.29, 0.717) is 19.3 Å². The molecule has 0 aromatic heterocycles. The van der Waals surface area contributed by atoms with Crippen LogP contribution in [0.3, 0.4) is 0 Å². The van der Waals surface area contributed by atoms with Gasteiger partial charge in [0.05, 0.1) is 0 Å². The first-order valence-electron chi connectivity index (χ1n) is 34.1. The molecule has 0 aliphatic carbocycles. The predicted octanol–water partition coefficient (Wildman–Crippen LogP) is 23.3. The maximum Gasteiger partial charge on any atom is 0.306 e. The highest BCUT2D eigenvalue weighted by atomic mass is 16.6. The van der Waals surface area contributed by atoms with E-state index < -0.39 is 6.10 Å². The molecule has 6 nitrogen and oxygen atoms in total. The molecule has 0 bridgehead atoms. The highest BCUT2D eigenvalue weighted by Crippen LogP contribution is 2.17. The minimum Gasteiger partial charge on any atom is -0.462 e. The van der Waals surface area contributed by atoms with Crippen LogP contribution in [0.1, 0.15) is 367 Å². The fraction of sp³-hybridized carbons (Fsp3) is 0.845. The van der Waals surface area contributed by atoms with Gasteiger partial charge in [0.1, 0.15) is 13.2 Å². The van der Waals surface area contributed by atoms with Crippen molar-refractivity contribution in [3.8, 4) is 0 Å². The molecule has 0 N–H and O–H groups in total. The molecule has 77 heavy (non-hydrogen) atoms. The van der Waals surface area contributed by atoms with Gasteiger partial charge in [0, 0.05) is 19.3 Å². The number of hydrogen-bond acceptors (Lipinski definition) is 6. The Hall–Kier alpha value is -2.63. The molecule has 0 aliphatic rings. The number of esters is 3. The van der Waals surface area contributed by atoms with E-state index in [1.807, 2.05) is 0 Å². The summed E-state index contributed by atoms with van der Waals surface area (Å²) in [5.74, 6) is -0.866. The van der Waals surface area contributed by atoms with Crippen LogP contribution in [0.5, 0.6) is 0 Å². The average Bonchev–Trinajstić information content (AvgIpc) is 3.43. The predicted molar refractivity (Wildman–Crippen MR) is 335 cm³/mol. The van der Waals surface area contributed by atoms with Crippen molar-refractivity contribution in [3.05, 3.63) is 48.6 Å². The Morgan fingerprint density at radius 1 is 0.260 bits per heavy atom. The summed E-state index contributed by atoms with van der Waals surface area (Å²) in [4.78, 5) is 38.4. The fourth-order valence-corrected chi connectivity index (χ4v) is 10.1. The highest BCUT2D eigenvalue weighted by Gasteiger charge is 2.19. The van der Waals surface area contributed by atoms with Crippen molar-refractivity contribution in [2.45, 2.75) is 374 Å². The molecule has 0 rings (SSSR count). The summed E-state index contributed by atoms with van der Waals surface area (Å²) in [6.45, 7) is 6.67. The average molecular weight is 1080 g/mol. The maximum atomic E-state index is 12.9. The fourth-order valence-electron chi connectivity index (χ4n) is 10.1.